The quantitative estimate of drug-likeness (QED) is 0.774. The molecule has 2 aromatic heterocycles. The van der Waals surface area contributed by atoms with Crippen molar-refractivity contribution in [2.45, 2.75) is 39.7 Å². The van der Waals surface area contributed by atoms with Crippen LogP contribution in [0.5, 0.6) is 0 Å². The summed E-state index contributed by atoms with van der Waals surface area (Å²) in [6, 6.07) is 1.84. The predicted molar refractivity (Wildman–Crippen MR) is 73.7 cm³/mol. The lowest BCUT2D eigenvalue weighted by atomic mass is 10.1. The predicted octanol–water partition coefficient (Wildman–Crippen LogP) is 1.78. The molecule has 7 nitrogen and oxygen atoms in total. The molecule has 1 atom stereocenters. The molecule has 102 valence electrons. The van der Waals surface area contributed by atoms with E-state index in [0.29, 0.717) is 17.6 Å². The highest BCUT2D eigenvalue weighted by molar-refractivity contribution is 5.42. The number of aromatic amines is 1. The number of H-pyrrole nitrogens is 1. The van der Waals surface area contributed by atoms with Gasteiger partial charge in [-0.3, -0.25) is 5.10 Å². The van der Waals surface area contributed by atoms with Gasteiger partial charge in [0.05, 0.1) is 11.7 Å². The van der Waals surface area contributed by atoms with Crippen molar-refractivity contribution in [2.75, 3.05) is 11.1 Å². The first-order chi connectivity index (χ1) is 8.95. The van der Waals surface area contributed by atoms with Gasteiger partial charge in [0.15, 0.2) is 5.82 Å². The Balaban J connectivity index is 2.18. The molecular weight excluding hydrogens is 242 g/mol. The number of nitrogens with zero attached hydrogens (tertiary/aromatic N) is 4. The number of aryl methyl sites for hydroxylation is 1. The van der Waals surface area contributed by atoms with Crippen LogP contribution in [0.3, 0.4) is 0 Å². The van der Waals surface area contributed by atoms with E-state index in [0.717, 1.165) is 11.5 Å². The molecule has 0 spiro atoms. The van der Waals surface area contributed by atoms with E-state index in [2.05, 4.69) is 44.3 Å². The molecule has 4 N–H and O–H groups in total. The Bertz CT molecular complexity index is 561. The van der Waals surface area contributed by atoms with Crippen molar-refractivity contribution in [3.63, 3.8) is 0 Å². The number of nitrogen functional groups attached to an aromatic ring is 1. The summed E-state index contributed by atoms with van der Waals surface area (Å²) in [6.07, 6.45) is 0. The summed E-state index contributed by atoms with van der Waals surface area (Å²) in [6.45, 7) is 7.96. The van der Waals surface area contributed by atoms with Gasteiger partial charge in [0.2, 0.25) is 5.95 Å². The van der Waals surface area contributed by atoms with Crippen molar-refractivity contribution in [1.82, 2.24) is 25.1 Å². The topological polar surface area (TPSA) is 105 Å². The van der Waals surface area contributed by atoms with E-state index in [1.165, 1.54) is 0 Å². The van der Waals surface area contributed by atoms with Crippen LogP contribution in [0.1, 0.15) is 50.1 Å². The second-order valence-corrected chi connectivity index (χ2v) is 4.84. The molecule has 0 amide bonds. The summed E-state index contributed by atoms with van der Waals surface area (Å²) in [5.74, 6) is 2.74. The first-order valence-corrected chi connectivity index (χ1v) is 6.25. The van der Waals surface area contributed by atoms with Crippen molar-refractivity contribution in [1.29, 1.82) is 0 Å². The van der Waals surface area contributed by atoms with Crippen molar-refractivity contribution in [3.8, 4) is 0 Å². The zero-order valence-electron chi connectivity index (χ0n) is 11.6. The van der Waals surface area contributed by atoms with Gasteiger partial charge < -0.3 is 11.1 Å². The second-order valence-electron chi connectivity index (χ2n) is 4.84. The molecule has 19 heavy (non-hydrogen) atoms. The summed E-state index contributed by atoms with van der Waals surface area (Å²) in [4.78, 5) is 12.7. The average molecular weight is 261 g/mol. The zero-order chi connectivity index (χ0) is 14.0. The van der Waals surface area contributed by atoms with E-state index in [1.807, 2.05) is 19.9 Å². The Hall–Kier alpha value is -2.18. The van der Waals surface area contributed by atoms with Gasteiger partial charge in [0, 0.05) is 6.07 Å². The van der Waals surface area contributed by atoms with Crippen LogP contribution in [0.25, 0.3) is 0 Å². The van der Waals surface area contributed by atoms with Crippen LogP contribution in [0.4, 0.5) is 11.8 Å². The van der Waals surface area contributed by atoms with Crippen molar-refractivity contribution >= 4 is 11.8 Å². The second kappa shape index (κ2) is 5.21. The average Bonchev–Trinajstić information content (AvgIpc) is 2.75. The monoisotopic (exact) mass is 261 g/mol. The van der Waals surface area contributed by atoms with Crippen molar-refractivity contribution < 1.29 is 0 Å². The third kappa shape index (κ3) is 3.18. The maximum atomic E-state index is 5.72. The van der Waals surface area contributed by atoms with Crippen LogP contribution < -0.4 is 11.1 Å². The van der Waals surface area contributed by atoms with Gasteiger partial charge in [0.25, 0.3) is 0 Å². The molecule has 0 bridgehead atoms. The molecule has 0 aliphatic carbocycles. The Morgan fingerprint density at radius 3 is 2.53 bits per heavy atom. The van der Waals surface area contributed by atoms with Gasteiger partial charge in [0.1, 0.15) is 11.6 Å². The highest BCUT2D eigenvalue weighted by atomic mass is 15.2. The lowest BCUT2D eigenvalue weighted by molar-refractivity contribution is 0.780. The van der Waals surface area contributed by atoms with Gasteiger partial charge in [-0.05, 0) is 19.8 Å². The Morgan fingerprint density at radius 2 is 1.95 bits per heavy atom. The summed E-state index contributed by atoms with van der Waals surface area (Å²) in [5.41, 5.74) is 6.63. The van der Waals surface area contributed by atoms with E-state index in [9.17, 15) is 0 Å². The number of aromatic nitrogens is 5. The summed E-state index contributed by atoms with van der Waals surface area (Å²) in [7, 11) is 0. The summed E-state index contributed by atoms with van der Waals surface area (Å²) in [5, 5.41) is 10.2. The third-order valence-electron chi connectivity index (χ3n) is 2.72. The highest BCUT2D eigenvalue weighted by Crippen LogP contribution is 2.19. The third-order valence-corrected chi connectivity index (χ3v) is 2.72. The van der Waals surface area contributed by atoms with Crippen LogP contribution in [-0.2, 0) is 0 Å². The standard InChI is InChI=1S/C12H19N7/c1-6(2)9-5-10(17-12(13)16-9)14-7(3)11-15-8(4)18-19-11/h5-7H,1-4H3,(H,15,18,19)(H3,13,14,16,17)/t7-/m0/s1. The maximum Gasteiger partial charge on any atom is 0.222 e. The lowest BCUT2D eigenvalue weighted by Gasteiger charge is -2.13. The number of nitrogens with two attached hydrogens (primary N) is 1. The SMILES string of the molecule is Cc1nc([C@H](C)Nc2cc(C(C)C)nc(N)n2)n[nH]1. The van der Waals surface area contributed by atoms with E-state index < -0.39 is 0 Å². The molecule has 7 heteroatoms. The minimum absolute atomic E-state index is 0.0562. The highest BCUT2D eigenvalue weighted by Gasteiger charge is 2.13. The van der Waals surface area contributed by atoms with Gasteiger partial charge in [-0.2, -0.15) is 10.1 Å². The molecule has 0 aliphatic heterocycles. The Labute approximate surface area is 112 Å². The van der Waals surface area contributed by atoms with E-state index in [4.69, 9.17) is 5.73 Å². The fourth-order valence-electron chi connectivity index (χ4n) is 1.70. The van der Waals surface area contributed by atoms with E-state index >= 15 is 0 Å². The molecule has 0 aliphatic rings. The van der Waals surface area contributed by atoms with Gasteiger partial charge in [-0.25, -0.2) is 9.97 Å². The van der Waals surface area contributed by atoms with Crippen LogP contribution >= 0.6 is 0 Å². The first kappa shape index (κ1) is 13.3. The number of hydrogen-bond donors (Lipinski definition) is 3. The molecule has 0 unspecified atom stereocenters. The molecule has 0 saturated heterocycles. The summed E-state index contributed by atoms with van der Waals surface area (Å²) < 4.78 is 0. The number of hydrogen-bond acceptors (Lipinski definition) is 6. The molecule has 2 rings (SSSR count). The fraction of sp³-hybridized carbons (Fsp3) is 0.500. The van der Waals surface area contributed by atoms with Crippen molar-refractivity contribution in [2.24, 2.45) is 0 Å². The minimum atomic E-state index is -0.0562. The Morgan fingerprint density at radius 1 is 1.21 bits per heavy atom. The molecular formula is C12H19N7. The molecule has 0 fully saturated rings. The Kier molecular flexibility index (Phi) is 3.64. The molecule has 0 radical (unpaired) electrons. The number of nitrogens with one attached hydrogen (secondary N) is 2. The first-order valence-electron chi connectivity index (χ1n) is 6.25. The van der Waals surface area contributed by atoms with Gasteiger partial charge in [-0.1, -0.05) is 13.8 Å². The smallest absolute Gasteiger partial charge is 0.222 e. The fourth-order valence-corrected chi connectivity index (χ4v) is 1.70. The zero-order valence-corrected chi connectivity index (χ0v) is 11.6. The van der Waals surface area contributed by atoms with E-state index in [1.54, 1.807) is 0 Å². The number of rotatable bonds is 4. The lowest BCUT2D eigenvalue weighted by Crippen LogP contribution is -2.12. The van der Waals surface area contributed by atoms with Gasteiger partial charge >= 0.3 is 0 Å². The van der Waals surface area contributed by atoms with Crippen LogP contribution in [-0.4, -0.2) is 25.1 Å². The maximum absolute atomic E-state index is 5.72. The number of anilines is 2. The summed E-state index contributed by atoms with van der Waals surface area (Å²) >= 11 is 0. The van der Waals surface area contributed by atoms with Crippen LogP contribution in [0.2, 0.25) is 0 Å². The van der Waals surface area contributed by atoms with Crippen LogP contribution in [0, 0.1) is 6.92 Å². The molecule has 0 saturated carbocycles. The van der Waals surface area contributed by atoms with E-state index in [-0.39, 0.29) is 12.0 Å². The van der Waals surface area contributed by atoms with Crippen molar-refractivity contribution in [3.05, 3.63) is 23.4 Å². The van der Waals surface area contributed by atoms with Gasteiger partial charge in [-0.15, -0.1) is 0 Å². The minimum Gasteiger partial charge on any atom is -0.368 e. The largest absolute Gasteiger partial charge is 0.368 e. The molecule has 2 aromatic rings. The van der Waals surface area contributed by atoms with Crippen LogP contribution in [0.15, 0.2) is 6.07 Å². The molecule has 2 heterocycles. The normalized spacial score (nSPS) is 12.7. The molecule has 0 aromatic carbocycles.